The Balaban J connectivity index is 1.57. The summed E-state index contributed by atoms with van der Waals surface area (Å²) in [6.45, 7) is 4.32. The van der Waals surface area contributed by atoms with Gasteiger partial charge in [-0.2, -0.15) is 0 Å². The minimum Gasteiger partial charge on any atom is -0.338 e. The molecule has 3 amide bonds. The number of fused-ring (bicyclic) bond motifs is 4. The first-order chi connectivity index (χ1) is 10.6. The molecule has 4 rings (SSSR count). The van der Waals surface area contributed by atoms with Crippen LogP contribution in [0, 0.1) is 11.8 Å². The number of rotatable bonds is 1. The fourth-order valence-electron chi connectivity index (χ4n) is 4.04. The lowest BCUT2D eigenvalue weighted by Gasteiger charge is -2.40. The number of piperidine rings is 2. The highest BCUT2D eigenvalue weighted by Gasteiger charge is 2.38. The van der Waals surface area contributed by atoms with E-state index in [-0.39, 0.29) is 11.9 Å². The van der Waals surface area contributed by atoms with Crippen molar-refractivity contribution >= 4 is 11.9 Å². The van der Waals surface area contributed by atoms with Gasteiger partial charge < -0.3 is 20.0 Å². The molecule has 124 valence electrons. The Labute approximate surface area is 132 Å². The van der Waals surface area contributed by atoms with Crippen LogP contribution in [-0.4, -0.2) is 79.5 Å². The highest BCUT2D eigenvalue weighted by Crippen LogP contribution is 2.28. The molecule has 1 N–H and O–H groups in total. The number of amides is 3. The second-order valence-electron chi connectivity index (χ2n) is 7.18. The minimum absolute atomic E-state index is 0.0592. The smallest absolute Gasteiger partial charge is 0.319 e. The average Bonchev–Trinajstić information content (AvgIpc) is 2.89. The quantitative estimate of drug-likeness (QED) is 0.771. The van der Waals surface area contributed by atoms with E-state index in [1.54, 1.807) is 19.0 Å². The van der Waals surface area contributed by atoms with Gasteiger partial charge in [-0.3, -0.25) is 4.79 Å². The molecule has 0 saturated carbocycles. The maximum atomic E-state index is 12.9. The van der Waals surface area contributed by atoms with E-state index in [1.807, 2.05) is 4.90 Å². The monoisotopic (exact) mass is 308 g/mol. The Hall–Kier alpha value is -1.30. The number of hydrogen-bond donors (Lipinski definition) is 1. The molecule has 0 aromatic heterocycles. The molecule has 4 aliphatic rings. The summed E-state index contributed by atoms with van der Waals surface area (Å²) >= 11 is 0. The summed E-state index contributed by atoms with van der Waals surface area (Å²) in [5.41, 5.74) is 0. The van der Waals surface area contributed by atoms with Crippen molar-refractivity contribution in [2.24, 2.45) is 11.8 Å². The summed E-state index contributed by atoms with van der Waals surface area (Å²) in [5, 5.41) is 3.48. The second-order valence-corrected chi connectivity index (χ2v) is 7.18. The lowest BCUT2D eigenvalue weighted by Crippen LogP contribution is -2.52. The third kappa shape index (κ3) is 3.07. The standard InChI is InChI=1S/C16H28N4O2/c1-18(2)16(22)19-7-5-13(6-8-19)15(21)20-11-12-3-4-14(20)10-17-9-12/h12-14,17H,3-11H2,1-2H3/t12-,14+/m1/s1. The number of carbonyl (C=O) groups excluding carboxylic acids is 2. The van der Waals surface area contributed by atoms with Gasteiger partial charge in [0.25, 0.3) is 0 Å². The molecule has 22 heavy (non-hydrogen) atoms. The first-order valence-corrected chi connectivity index (χ1v) is 8.53. The molecule has 4 saturated heterocycles. The van der Waals surface area contributed by atoms with Gasteiger partial charge >= 0.3 is 6.03 Å². The lowest BCUT2D eigenvalue weighted by atomic mass is 9.90. The molecule has 2 bridgehead atoms. The van der Waals surface area contributed by atoms with Crippen molar-refractivity contribution < 1.29 is 9.59 Å². The van der Waals surface area contributed by atoms with Gasteiger partial charge in [0.15, 0.2) is 0 Å². The zero-order valence-electron chi connectivity index (χ0n) is 13.8. The van der Waals surface area contributed by atoms with Gasteiger partial charge in [0.05, 0.1) is 0 Å². The Bertz CT molecular complexity index is 428. The van der Waals surface area contributed by atoms with E-state index in [1.165, 1.54) is 6.42 Å². The van der Waals surface area contributed by atoms with Crippen LogP contribution in [0.5, 0.6) is 0 Å². The van der Waals surface area contributed by atoms with Gasteiger partial charge in [0, 0.05) is 52.2 Å². The van der Waals surface area contributed by atoms with Crippen molar-refractivity contribution in [1.29, 1.82) is 0 Å². The first kappa shape index (κ1) is 15.6. The molecule has 6 heteroatoms. The molecule has 2 atom stereocenters. The van der Waals surface area contributed by atoms with Crippen LogP contribution in [0.1, 0.15) is 25.7 Å². The van der Waals surface area contributed by atoms with E-state index in [0.29, 0.717) is 31.0 Å². The van der Waals surface area contributed by atoms with Crippen LogP contribution in [0.2, 0.25) is 0 Å². The maximum absolute atomic E-state index is 12.9. The zero-order valence-corrected chi connectivity index (χ0v) is 13.8. The Kier molecular flexibility index (Phi) is 4.57. The summed E-state index contributed by atoms with van der Waals surface area (Å²) in [7, 11) is 3.56. The van der Waals surface area contributed by atoms with Gasteiger partial charge in [-0.1, -0.05) is 0 Å². The molecule has 4 heterocycles. The molecule has 0 aromatic carbocycles. The van der Waals surface area contributed by atoms with Gasteiger partial charge in [-0.25, -0.2) is 4.79 Å². The number of likely N-dealkylation sites (tertiary alicyclic amines) is 1. The largest absolute Gasteiger partial charge is 0.338 e. The Morgan fingerprint density at radius 2 is 1.77 bits per heavy atom. The third-order valence-corrected chi connectivity index (χ3v) is 5.40. The van der Waals surface area contributed by atoms with E-state index in [4.69, 9.17) is 0 Å². The third-order valence-electron chi connectivity index (χ3n) is 5.40. The van der Waals surface area contributed by atoms with E-state index in [9.17, 15) is 9.59 Å². The fraction of sp³-hybridized carbons (Fsp3) is 0.875. The van der Waals surface area contributed by atoms with Crippen LogP contribution in [0.4, 0.5) is 4.79 Å². The number of hydrogen-bond acceptors (Lipinski definition) is 3. The van der Waals surface area contributed by atoms with Crippen molar-refractivity contribution in [1.82, 2.24) is 20.0 Å². The molecule has 0 aliphatic carbocycles. The molecular formula is C16H28N4O2. The van der Waals surface area contributed by atoms with Crippen LogP contribution in [0.3, 0.4) is 0 Å². The molecule has 6 nitrogen and oxygen atoms in total. The van der Waals surface area contributed by atoms with Crippen molar-refractivity contribution in [3.8, 4) is 0 Å². The predicted molar refractivity (Wildman–Crippen MR) is 84.5 cm³/mol. The number of nitrogens with one attached hydrogen (secondary N) is 1. The average molecular weight is 308 g/mol. The molecule has 0 unspecified atom stereocenters. The summed E-state index contributed by atoms with van der Waals surface area (Å²) < 4.78 is 0. The number of urea groups is 1. The molecule has 0 radical (unpaired) electrons. The molecule has 4 fully saturated rings. The van der Waals surface area contributed by atoms with E-state index in [2.05, 4.69) is 10.2 Å². The number of nitrogens with zero attached hydrogens (tertiary/aromatic N) is 3. The lowest BCUT2D eigenvalue weighted by molar-refractivity contribution is -0.141. The van der Waals surface area contributed by atoms with Crippen LogP contribution in [0.15, 0.2) is 0 Å². The van der Waals surface area contributed by atoms with Crippen molar-refractivity contribution in [3.63, 3.8) is 0 Å². The van der Waals surface area contributed by atoms with Crippen molar-refractivity contribution in [2.45, 2.75) is 31.7 Å². The summed E-state index contributed by atoms with van der Waals surface area (Å²) in [4.78, 5) is 30.5. The van der Waals surface area contributed by atoms with E-state index < -0.39 is 0 Å². The predicted octanol–water partition coefficient (Wildman–Crippen LogP) is 0.590. The SMILES string of the molecule is CN(C)C(=O)N1CCC(C(=O)N2C[C@@H]3CC[C@H]2CNC3)CC1. The highest BCUT2D eigenvalue weighted by molar-refractivity contribution is 5.80. The van der Waals surface area contributed by atoms with E-state index in [0.717, 1.165) is 38.9 Å². The zero-order chi connectivity index (χ0) is 15.7. The molecular weight excluding hydrogens is 280 g/mol. The van der Waals surface area contributed by atoms with Crippen molar-refractivity contribution in [2.75, 3.05) is 46.8 Å². The molecule has 4 aliphatic heterocycles. The molecule has 0 aromatic rings. The number of carbonyl (C=O) groups is 2. The first-order valence-electron chi connectivity index (χ1n) is 8.53. The highest BCUT2D eigenvalue weighted by atomic mass is 16.2. The van der Waals surface area contributed by atoms with Crippen LogP contribution < -0.4 is 5.32 Å². The minimum atomic E-state index is 0.0592. The van der Waals surface area contributed by atoms with Gasteiger partial charge in [-0.05, 0) is 38.1 Å². The van der Waals surface area contributed by atoms with Crippen LogP contribution in [-0.2, 0) is 4.79 Å². The normalized spacial score (nSPS) is 29.4. The summed E-state index contributed by atoms with van der Waals surface area (Å²) in [5.74, 6) is 1.05. The van der Waals surface area contributed by atoms with Gasteiger partial charge in [-0.15, -0.1) is 0 Å². The molecule has 0 spiro atoms. The van der Waals surface area contributed by atoms with Crippen LogP contribution in [0.25, 0.3) is 0 Å². The van der Waals surface area contributed by atoms with Crippen LogP contribution >= 0.6 is 0 Å². The maximum Gasteiger partial charge on any atom is 0.319 e. The summed E-state index contributed by atoms with van der Waals surface area (Å²) in [6.07, 6.45) is 4.00. The Morgan fingerprint density at radius 1 is 1.05 bits per heavy atom. The Morgan fingerprint density at radius 3 is 2.45 bits per heavy atom. The second kappa shape index (κ2) is 6.44. The van der Waals surface area contributed by atoms with Crippen molar-refractivity contribution in [3.05, 3.63) is 0 Å². The fourth-order valence-corrected chi connectivity index (χ4v) is 4.04. The van der Waals surface area contributed by atoms with Gasteiger partial charge in [0.2, 0.25) is 5.91 Å². The topological polar surface area (TPSA) is 55.9 Å². The summed E-state index contributed by atoms with van der Waals surface area (Å²) in [6, 6.07) is 0.441. The van der Waals surface area contributed by atoms with Gasteiger partial charge in [0.1, 0.15) is 0 Å². The van der Waals surface area contributed by atoms with E-state index >= 15 is 0 Å².